The van der Waals surface area contributed by atoms with Crippen molar-refractivity contribution < 1.29 is 4.74 Å². The summed E-state index contributed by atoms with van der Waals surface area (Å²) < 4.78 is 5.75. The molecule has 3 nitrogen and oxygen atoms in total. The SMILES string of the molecule is CCCNCc1ccc(Oc2cc(Cl)ccc2C)nc1. The van der Waals surface area contributed by atoms with Crippen LogP contribution in [0.4, 0.5) is 0 Å². The van der Waals surface area contributed by atoms with Gasteiger partial charge in [-0.3, -0.25) is 0 Å². The highest BCUT2D eigenvalue weighted by molar-refractivity contribution is 6.30. The Kier molecular flexibility index (Phi) is 5.39. The van der Waals surface area contributed by atoms with Gasteiger partial charge in [-0.15, -0.1) is 0 Å². The van der Waals surface area contributed by atoms with Crippen LogP contribution in [0.5, 0.6) is 11.6 Å². The topological polar surface area (TPSA) is 34.1 Å². The first-order chi connectivity index (χ1) is 9.69. The molecule has 2 rings (SSSR count). The normalized spacial score (nSPS) is 10.6. The molecular weight excluding hydrogens is 272 g/mol. The van der Waals surface area contributed by atoms with E-state index in [1.807, 2.05) is 37.4 Å². The number of aryl methyl sites for hydroxylation is 1. The van der Waals surface area contributed by atoms with E-state index in [0.29, 0.717) is 10.9 Å². The highest BCUT2D eigenvalue weighted by atomic mass is 35.5. The molecule has 0 saturated heterocycles. The van der Waals surface area contributed by atoms with Gasteiger partial charge in [0.05, 0.1) is 0 Å². The Balaban J connectivity index is 2.01. The smallest absolute Gasteiger partial charge is 0.219 e. The van der Waals surface area contributed by atoms with Gasteiger partial charge in [-0.25, -0.2) is 4.98 Å². The number of aromatic nitrogens is 1. The molecule has 0 saturated carbocycles. The van der Waals surface area contributed by atoms with Crippen LogP contribution in [0.3, 0.4) is 0 Å². The molecule has 0 bridgehead atoms. The van der Waals surface area contributed by atoms with Crippen LogP contribution >= 0.6 is 11.6 Å². The minimum absolute atomic E-state index is 0.578. The molecule has 0 atom stereocenters. The summed E-state index contributed by atoms with van der Waals surface area (Å²) in [4.78, 5) is 4.32. The van der Waals surface area contributed by atoms with Crippen LogP contribution in [-0.4, -0.2) is 11.5 Å². The predicted octanol–water partition coefficient (Wildman–Crippen LogP) is 4.34. The van der Waals surface area contributed by atoms with Gasteiger partial charge >= 0.3 is 0 Å². The van der Waals surface area contributed by atoms with Crippen molar-refractivity contribution in [2.45, 2.75) is 26.8 Å². The molecular formula is C16H19ClN2O. The lowest BCUT2D eigenvalue weighted by Gasteiger charge is -2.09. The van der Waals surface area contributed by atoms with Gasteiger partial charge < -0.3 is 10.1 Å². The van der Waals surface area contributed by atoms with E-state index < -0.39 is 0 Å². The number of benzene rings is 1. The fourth-order valence-electron chi connectivity index (χ4n) is 1.78. The molecule has 0 fully saturated rings. The Labute approximate surface area is 124 Å². The maximum absolute atomic E-state index is 5.97. The Morgan fingerprint density at radius 3 is 2.80 bits per heavy atom. The van der Waals surface area contributed by atoms with Crippen molar-refractivity contribution in [2.75, 3.05) is 6.54 Å². The summed E-state index contributed by atoms with van der Waals surface area (Å²) in [7, 11) is 0. The standard InChI is InChI=1S/C16H19ClN2O/c1-3-8-18-10-13-5-7-16(19-11-13)20-15-9-14(17)6-4-12(15)2/h4-7,9,11,18H,3,8,10H2,1-2H3. The highest BCUT2D eigenvalue weighted by Gasteiger charge is 2.03. The molecule has 1 heterocycles. The summed E-state index contributed by atoms with van der Waals surface area (Å²) >= 11 is 5.97. The number of rotatable bonds is 6. The number of ether oxygens (including phenoxy) is 1. The number of halogens is 1. The largest absolute Gasteiger partial charge is 0.439 e. The second kappa shape index (κ2) is 7.27. The lowest BCUT2D eigenvalue weighted by molar-refractivity contribution is 0.459. The zero-order chi connectivity index (χ0) is 14.4. The second-order valence-corrected chi connectivity index (χ2v) is 5.13. The van der Waals surface area contributed by atoms with Crippen LogP contribution in [-0.2, 0) is 6.54 Å². The maximum Gasteiger partial charge on any atom is 0.219 e. The Bertz CT molecular complexity index is 555. The van der Waals surface area contributed by atoms with Crippen LogP contribution < -0.4 is 10.1 Å². The summed E-state index contributed by atoms with van der Waals surface area (Å²) in [6.45, 7) is 5.97. The van der Waals surface area contributed by atoms with Crippen molar-refractivity contribution in [1.29, 1.82) is 0 Å². The van der Waals surface area contributed by atoms with Gasteiger partial charge in [0.15, 0.2) is 0 Å². The molecule has 106 valence electrons. The summed E-state index contributed by atoms with van der Waals surface area (Å²) in [6, 6.07) is 9.48. The zero-order valence-corrected chi connectivity index (χ0v) is 12.6. The molecule has 0 aliphatic carbocycles. The van der Waals surface area contributed by atoms with Gasteiger partial charge in [-0.1, -0.05) is 30.7 Å². The van der Waals surface area contributed by atoms with Gasteiger partial charge in [0.25, 0.3) is 0 Å². The molecule has 20 heavy (non-hydrogen) atoms. The van der Waals surface area contributed by atoms with Gasteiger partial charge in [-0.2, -0.15) is 0 Å². The zero-order valence-electron chi connectivity index (χ0n) is 11.8. The average Bonchev–Trinajstić information content (AvgIpc) is 2.45. The number of nitrogens with one attached hydrogen (secondary N) is 1. The molecule has 0 unspecified atom stereocenters. The summed E-state index contributed by atoms with van der Waals surface area (Å²) in [5, 5.41) is 4.00. The molecule has 0 amide bonds. The van der Waals surface area contributed by atoms with Crippen molar-refractivity contribution in [3.8, 4) is 11.6 Å². The van der Waals surface area contributed by atoms with Crippen LogP contribution in [0.1, 0.15) is 24.5 Å². The Morgan fingerprint density at radius 2 is 2.10 bits per heavy atom. The van der Waals surface area contributed by atoms with Crippen LogP contribution in [0.25, 0.3) is 0 Å². The van der Waals surface area contributed by atoms with Crippen LogP contribution in [0.2, 0.25) is 5.02 Å². The molecule has 0 radical (unpaired) electrons. The second-order valence-electron chi connectivity index (χ2n) is 4.69. The van der Waals surface area contributed by atoms with Gasteiger partial charge in [0, 0.05) is 23.8 Å². The van der Waals surface area contributed by atoms with Crippen molar-refractivity contribution in [3.05, 3.63) is 52.7 Å². The molecule has 4 heteroatoms. The van der Waals surface area contributed by atoms with Crippen LogP contribution in [0, 0.1) is 6.92 Å². The fraction of sp³-hybridized carbons (Fsp3) is 0.312. The van der Waals surface area contributed by atoms with E-state index in [0.717, 1.165) is 36.4 Å². The Morgan fingerprint density at radius 1 is 1.25 bits per heavy atom. The molecule has 0 aliphatic heterocycles. The van der Waals surface area contributed by atoms with Crippen LogP contribution in [0.15, 0.2) is 36.5 Å². The third-order valence-electron chi connectivity index (χ3n) is 2.92. The first-order valence-corrected chi connectivity index (χ1v) is 7.16. The third-order valence-corrected chi connectivity index (χ3v) is 3.15. The third kappa shape index (κ3) is 4.22. The van der Waals surface area contributed by atoms with Gasteiger partial charge in [0.1, 0.15) is 5.75 Å². The number of nitrogens with zero attached hydrogens (tertiary/aromatic N) is 1. The monoisotopic (exact) mass is 290 g/mol. The molecule has 1 aromatic carbocycles. The number of hydrogen-bond donors (Lipinski definition) is 1. The highest BCUT2D eigenvalue weighted by Crippen LogP contribution is 2.26. The minimum Gasteiger partial charge on any atom is -0.439 e. The molecule has 1 aromatic heterocycles. The van der Waals surface area contributed by atoms with E-state index in [-0.39, 0.29) is 0 Å². The number of pyridine rings is 1. The number of hydrogen-bond acceptors (Lipinski definition) is 3. The molecule has 2 aromatic rings. The average molecular weight is 291 g/mol. The van der Waals surface area contributed by atoms with Gasteiger partial charge in [-0.05, 0) is 43.1 Å². The molecule has 0 aliphatic rings. The first-order valence-electron chi connectivity index (χ1n) is 6.78. The quantitative estimate of drug-likeness (QED) is 0.804. The molecule has 0 spiro atoms. The fourth-order valence-corrected chi connectivity index (χ4v) is 1.94. The van der Waals surface area contributed by atoms with E-state index in [9.17, 15) is 0 Å². The minimum atomic E-state index is 0.578. The summed E-state index contributed by atoms with van der Waals surface area (Å²) in [6.07, 6.45) is 2.96. The lowest BCUT2D eigenvalue weighted by atomic mass is 10.2. The van der Waals surface area contributed by atoms with Gasteiger partial charge in [0.2, 0.25) is 5.88 Å². The van der Waals surface area contributed by atoms with E-state index in [1.165, 1.54) is 0 Å². The van der Waals surface area contributed by atoms with E-state index >= 15 is 0 Å². The van der Waals surface area contributed by atoms with E-state index in [1.54, 1.807) is 6.07 Å². The predicted molar refractivity (Wildman–Crippen MR) is 82.5 cm³/mol. The molecule has 1 N–H and O–H groups in total. The van der Waals surface area contributed by atoms with Crippen molar-refractivity contribution in [1.82, 2.24) is 10.3 Å². The van der Waals surface area contributed by atoms with Crippen molar-refractivity contribution in [2.24, 2.45) is 0 Å². The summed E-state index contributed by atoms with van der Waals surface area (Å²) in [5.41, 5.74) is 2.18. The lowest BCUT2D eigenvalue weighted by Crippen LogP contribution is -2.13. The first kappa shape index (κ1) is 14.8. The Hall–Kier alpha value is -1.58. The maximum atomic E-state index is 5.97. The van der Waals surface area contributed by atoms with Crippen molar-refractivity contribution >= 4 is 11.6 Å². The van der Waals surface area contributed by atoms with Crippen molar-refractivity contribution in [3.63, 3.8) is 0 Å². The summed E-state index contributed by atoms with van der Waals surface area (Å²) in [5.74, 6) is 1.32. The van der Waals surface area contributed by atoms with E-state index in [4.69, 9.17) is 16.3 Å². The van der Waals surface area contributed by atoms with E-state index in [2.05, 4.69) is 17.2 Å².